The SMILES string of the molecule is c1ccc(N(c2ccccc2)c2ccc(N3c4ccccc4-c4cccc5c(-c6ccc(N(c7ccccc7)c7ccc8c(c7)-c7ccccc7C8(c7ccccc7)c7ccccc7)cc6)ccc3c45)cc2)cc1. The lowest BCUT2D eigenvalue weighted by molar-refractivity contribution is 0.768. The third kappa shape index (κ3) is 6.89. The monoisotopic (exact) mass is 943 g/mol. The molecule has 1 heterocycles. The fourth-order valence-electron chi connectivity index (χ4n) is 12.1. The summed E-state index contributed by atoms with van der Waals surface area (Å²) in [5, 5.41) is 2.47. The molecule has 0 fully saturated rings. The van der Waals surface area contributed by atoms with Crippen LogP contribution in [0.25, 0.3) is 44.2 Å². The molecule has 0 spiro atoms. The van der Waals surface area contributed by atoms with Gasteiger partial charge in [-0.05, 0) is 153 Å². The number of benzene rings is 12. The maximum absolute atomic E-state index is 2.44. The Hall–Kier alpha value is -9.70. The van der Waals surface area contributed by atoms with Crippen LogP contribution in [0.5, 0.6) is 0 Å². The van der Waals surface area contributed by atoms with Crippen LogP contribution < -0.4 is 14.7 Å². The van der Waals surface area contributed by atoms with E-state index >= 15 is 0 Å². The second kappa shape index (κ2) is 17.9. The number of fused-ring (bicyclic) bond motifs is 5. The number of hydrogen-bond donors (Lipinski definition) is 0. The van der Waals surface area contributed by atoms with E-state index < -0.39 is 5.41 Å². The molecule has 3 heteroatoms. The molecule has 0 saturated heterocycles. The molecule has 0 radical (unpaired) electrons. The average Bonchev–Trinajstić information content (AvgIpc) is 3.78. The quantitative estimate of drug-likeness (QED) is 0.135. The topological polar surface area (TPSA) is 9.72 Å². The number of hydrogen-bond acceptors (Lipinski definition) is 3. The van der Waals surface area contributed by atoms with Crippen molar-refractivity contribution >= 4 is 62.0 Å². The molecule has 0 aromatic heterocycles. The largest absolute Gasteiger partial charge is 0.311 e. The molecule has 348 valence electrons. The molecular weight excluding hydrogens is 895 g/mol. The molecule has 74 heavy (non-hydrogen) atoms. The summed E-state index contributed by atoms with van der Waals surface area (Å²) in [6.07, 6.45) is 0. The van der Waals surface area contributed by atoms with E-state index in [-0.39, 0.29) is 0 Å². The van der Waals surface area contributed by atoms with Gasteiger partial charge in [-0.2, -0.15) is 0 Å². The molecule has 14 rings (SSSR count). The second-order valence-electron chi connectivity index (χ2n) is 19.2. The molecule has 1 aliphatic carbocycles. The molecular formula is C71H49N3. The molecule has 0 unspecified atom stereocenters. The Morgan fingerprint density at radius 3 is 1.34 bits per heavy atom. The lowest BCUT2D eigenvalue weighted by Crippen LogP contribution is -2.28. The van der Waals surface area contributed by atoms with Crippen molar-refractivity contribution in [3.63, 3.8) is 0 Å². The van der Waals surface area contributed by atoms with Gasteiger partial charge in [-0.3, -0.25) is 0 Å². The predicted octanol–water partition coefficient (Wildman–Crippen LogP) is 19.3. The zero-order valence-electron chi connectivity index (χ0n) is 40.6. The average molecular weight is 944 g/mol. The van der Waals surface area contributed by atoms with Gasteiger partial charge < -0.3 is 14.7 Å². The second-order valence-corrected chi connectivity index (χ2v) is 19.2. The third-order valence-corrected chi connectivity index (χ3v) is 15.2. The van der Waals surface area contributed by atoms with Crippen LogP contribution in [0, 0.1) is 0 Å². The Morgan fingerprint density at radius 1 is 0.270 bits per heavy atom. The van der Waals surface area contributed by atoms with Crippen molar-refractivity contribution in [3.05, 3.63) is 320 Å². The van der Waals surface area contributed by atoms with Crippen LogP contribution in [0.2, 0.25) is 0 Å². The van der Waals surface area contributed by atoms with Crippen molar-refractivity contribution in [2.24, 2.45) is 0 Å². The van der Waals surface area contributed by atoms with Gasteiger partial charge in [0.25, 0.3) is 0 Å². The molecule has 0 N–H and O–H groups in total. The van der Waals surface area contributed by atoms with E-state index in [0.29, 0.717) is 0 Å². The van der Waals surface area contributed by atoms with Gasteiger partial charge in [0.2, 0.25) is 0 Å². The maximum atomic E-state index is 2.44. The number of anilines is 9. The summed E-state index contributed by atoms with van der Waals surface area (Å²) in [4.78, 5) is 7.15. The normalized spacial score (nSPS) is 12.7. The third-order valence-electron chi connectivity index (χ3n) is 15.2. The summed E-state index contributed by atoms with van der Waals surface area (Å²) in [7, 11) is 0. The van der Waals surface area contributed by atoms with Gasteiger partial charge in [-0.1, -0.05) is 200 Å². The predicted molar refractivity (Wildman–Crippen MR) is 310 cm³/mol. The molecule has 1 aliphatic heterocycles. The maximum Gasteiger partial charge on any atom is 0.0713 e. The van der Waals surface area contributed by atoms with E-state index in [0.717, 1.165) is 39.8 Å². The van der Waals surface area contributed by atoms with Crippen LogP contribution in [-0.4, -0.2) is 0 Å². The van der Waals surface area contributed by atoms with Crippen LogP contribution in [-0.2, 0) is 5.41 Å². The van der Waals surface area contributed by atoms with E-state index in [1.807, 2.05) is 0 Å². The lowest BCUT2D eigenvalue weighted by atomic mass is 9.68. The summed E-state index contributed by atoms with van der Waals surface area (Å²) in [5.41, 5.74) is 22.1. The van der Waals surface area contributed by atoms with E-state index in [4.69, 9.17) is 0 Å². The smallest absolute Gasteiger partial charge is 0.0713 e. The molecule has 2 aliphatic rings. The van der Waals surface area contributed by atoms with Crippen LogP contribution >= 0.6 is 0 Å². The molecule has 0 atom stereocenters. The Bertz CT molecular complexity index is 3910. The van der Waals surface area contributed by atoms with Crippen molar-refractivity contribution < 1.29 is 0 Å². The van der Waals surface area contributed by atoms with Gasteiger partial charge in [-0.15, -0.1) is 0 Å². The number of nitrogens with zero attached hydrogens (tertiary/aromatic N) is 3. The molecule has 3 nitrogen and oxygen atoms in total. The molecule has 0 saturated carbocycles. The Labute approximate surface area is 432 Å². The van der Waals surface area contributed by atoms with Gasteiger partial charge in [0, 0.05) is 50.8 Å². The molecule has 0 bridgehead atoms. The van der Waals surface area contributed by atoms with Crippen molar-refractivity contribution in [1.82, 2.24) is 0 Å². The minimum atomic E-state index is -0.457. The van der Waals surface area contributed by atoms with Gasteiger partial charge in [0.15, 0.2) is 0 Å². The first-order valence-corrected chi connectivity index (χ1v) is 25.5. The first-order valence-electron chi connectivity index (χ1n) is 25.5. The van der Waals surface area contributed by atoms with E-state index in [9.17, 15) is 0 Å². The van der Waals surface area contributed by atoms with Crippen molar-refractivity contribution in [2.75, 3.05) is 14.7 Å². The first kappa shape index (κ1) is 43.1. The van der Waals surface area contributed by atoms with E-state index in [2.05, 4.69) is 312 Å². The molecule has 0 amide bonds. The number of rotatable bonds is 10. The summed E-state index contributed by atoms with van der Waals surface area (Å²) in [6, 6.07) is 109. The standard InChI is InChI=1S/C71H49N3/c1-6-21-51(22-7-1)71(52-23-8-2-9-24-52)66-35-18-16-31-61(66)65-49-59(45-47-67(65)71)73(55-29-14-5-15-30-55)56-39-37-50(38-40-56)60-46-48-69-70-63(60)33-20-34-64(70)62-32-17-19-36-68(62)74(69)58-43-41-57(42-44-58)72(53-25-10-3-11-26-53)54-27-12-4-13-28-54/h1-49H. The zero-order valence-corrected chi connectivity index (χ0v) is 40.6. The minimum absolute atomic E-state index is 0.457. The highest BCUT2D eigenvalue weighted by atomic mass is 15.2. The van der Waals surface area contributed by atoms with E-state index in [1.165, 1.54) is 77.8 Å². The zero-order chi connectivity index (χ0) is 49.0. The van der Waals surface area contributed by atoms with Gasteiger partial charge in [0.05, 0.1) is 16.8 Å². The molecule has 12 aromatic rings. The Morgan fingerprint density at radius 2 is 0.730 bits per heavy atom. The van der Waals surface area contributed by atoms with Gasteiger partial charge >= 0.3 is 0 Å². The summed E-state index contributed by atoms with van der Waals surface area (Å²) in [6.45, 7) is 0. The van der Waals surface area contributed by atoms with Crippen molar-refractivity contribution in [2.45, 2.75) is 5.41 Å². The fraction of sp³-hybridized carbons (Fsp3) is 0.0141. The molecule has 12 aromatic carbocycles. The first-order chi connectivity index (χ1) is 36.7. The Kier molecular flexibility index (Phi) is 10.4. The summed E-state index contributed by atoms with van der Waals surface area (Å²) < 4.78 is 0. The van der Waals surface area contributed by atoms with Crippen LogP contribution in [0.15, 0.2) is 297 Å². The number of para-hydroxylation sites is 4. The highest BCUT2D eigenvalue weighted by Crippen LogP contribution is 2.58. The van der Waals surface area contributed by atoms with Crippen molar-refractivity contribution in [3.8, 4) is 33.4 Å². The van der Waals surface area contributed by atoms with Gasteiger partial charge in [-0.25, -0.2) is 0 Å². The summed E-state index contributed by atoms with van der Waals surface area (Å²) >= 11 is 0. The Balaban J connectivity index is 0.858. The van der Waals surface area contributed by atoms with Crippen LogP contribution in [0.1, 0.15) is 22.3 Å². The van der Waals surface area contributed by atoms with Crippen LogP contribution in [0.3, 0.4) is 0 Å². The van der Waals surface area contributed by atoms with E-state index in [1.54, 1.807) is 0 Å². The van der Waals surface area contributed by atoms with Crippen molar-refractivity contribution in [1.29, 1.82) is 0 Å². The fourth-order valence-corrected chi connectivity index (χ4v) is 12.1. The minimum Gasteiger partial charge on any atom is -0.311 e. The lowest BCUT2D eigenvalue weighted by Gasteiger charge is -2.34. The highest BCUT2D eigenvalue weighted by Gasteiger charge is 2.46. The van der Waals surface area contributed by atoms with Crippen LogP contribution in [0.4, 0.5) is 51.2 Å². The highest BCUT2D eigenvalue weighted by molar-refractivity contribution is 6.17. The van der Waals surface area contributed by atoms with Gasteiger partial charge in [0.1, 0.15) is 0 Å². The summed E-state index contributed by atoms with van der Waals surface area (Å²) in [5.74, 6) is 0.